The average molecular weight is 383 g/mol. The van der Waals surface area contributed by atoms with Crippen molar-refractivity contribution < 1.29 is 9.47 Å². The predicted molar refractivity (Wildman–Crippen MR) is 95.3 cm³/mol. The maximum Gasteiger partial charge on any atom is 0.174 e. The second-order valence-corrected chi connectivity index (χ2v) is 5.92. The standard InChI is InChI=1S/C17H17BrClNO2/c1-4-22-16-8-12(7-14(18)17(16)21-3)10-20-13-6-5-11(2)15(19)9-13/h5-10H,4H2,1-3H3. The van der Waals surface area contributed by atoms with Gasteiger partial charge in [0, 0.05) is 11.2 Å². The van der Waals surface area contributed by atoms with Crippen molar-refractivity contribution in [2.45, 2.75) is 13.8 Å². The first-order valence-corrected chi connectivity index (χ1v) is 8.02. The third-order valence-electron chi connectivity index (χ3n) is 3.05. The monoisotopic (exact) mass is 381 g/mol. The van der Waals surface area contributed by atoms with E-state index in [1.165, 1.54) is 0 Å². The SMILES string of the molecule is CCOc1cc(C=Nc2ccc(C)c(Cl)c2)cc(Br)c1OC. The van der Waals surface area contributed by atoms with Crippen LogP contribution in [0.15, 0.2) is 39.8 Å². The lowest BCUT2D eigenvalue weighted by molar-refractivity contribution is 0.310. The van der Waals surface area contributed by atoms with Gasteiger partial charge < -0.3 is 9.47 Å². The summed E-state index contributed by atoms with van der Waals surface area (Å²) in [6.45, 7) is 4.46. The first kappa shape index (κ1) is 16.8. The predicted octanol–water partition coefficient (Wildman–Crippen LogP) is 5.57. The van der Waals surface area contributed by atoms with Gasteiger partial charge in [-0.3, -0.25) is 4.99 Å². The maximum atomic E-state index is 6.11. The fourth-order valence-electron chi connectivity index (χ4n) is 1.93. The Bertz CT molecular complexity index is 701. The summed E-state index contributed by atoms with van der Waals surface area (Å²) in [7, 11) is 1.62. The summed E-state index contributed by atoms with van der Waals surface area (Å²) in [5.41, 5.74) is 2.75. The number of nitrogens with zero attached hydrogens (tertiary/aromatic N) is 1. The third kappa shape index (κ3) is 4.02. The molecule has 5 heteroatoms. The molecule has 2 aromatic rings. The molecule has 0 N–H and O–H groups in total. The first-order chi connectivity index (χ1) is 10.5. The van der Waals surface area contributed by atoms with Crippen LogP contribution in [-0.2, 0) is 0 Å². The number of methoxy groups -OCH3 is 1. The molecule has 0 aliphatic rings. The fourth-order valence-corrected chi connectivity index (χ4v) is 2.73. The molecule has 2 aromatic carbocycles. The molecule has 22 heavy (non-hydrogen) atoms. The molecule has 0 saturated heterocycles. The lowest BCUT2D eigenvalue weighted by atomic mass is 10.2. The molecular formula is C17H17BrClNO2. The van der Waals surface area contributed by atoms with Gasteiger partial charge >= 0.3 is 0 Å². The van der Waals surface area contributed by atoms with E-state index in [1.807, 2.05) is 44.2 Å². The minimum atomic E-state index is 0.566. The maximum absolute atomic E-state index is 6.11. The van der Waals surface area contributed by atoms with E-state index >= 15 is 0 Å². The molecule has 0 aliphatic heterocycles. The molecule has 0 heterocycles. The number of halogens is 2. The molecule has 0 aromatic heterocycles. The molecule has 116 valence electrons. The van der Waals surface area contributed by atoms with Crippen molar-refractivity contribution in [1.29, 1.82) is 0 Å². The van der Waals surface area contributed by atoms with Crippen LogP contribution in [-0.4, -0.2) is 19.9 Å². The summed E-state index contributed by atoms with van der Waals surface area (Å²) >= 11 is 9.60. The third-order valence-corrected chi connectivity index (χ3v) is 4.05. The Kier molecular flexibility index (Phi) is 5.86. The molecule has 0 unspecified atom stereocenters. The summed E-state index contributed by atoms with van der Waals surface area (Å²) in [4.78, 5) is 4.45. The molecule has 2 rings (SSSR count). The zero-order valence-electron chi connectivity index (χ0n) is 12.7. The van der Waals surface area contributed by atoms with E-state index in [4.69, 9.17) is 21.1 Å². The second kappa shape index (κ2) is 7.65. The molecule has 0 aliphatic carbocycles. The van der Waals surface area contributed by atoms with Crippen molar-refractivity contribution in [3.63, 3.8) is 0 Å². The smallest absolute Gasteiger partial charge is 0.174 e. The Balaban J connectivity index is 2.32. The van der Waals surface area contributed by atoms with Gasteiger partial charge in [-0.1, -0.05) is 17.7 Å². The zero-order valence-corrected chi connectivity index (χ0v) is 15.0. The molecule has 0 atom stereocenters. The Hall–Kier alpha value is -1.52. The molecule has 0 radical (unpaired) electrons. The van der Waals surface area contributed by atoms with E-state index in [9.17, 15) is 0 Å². The summed E-state index contributed by atoms with van der Waals surface area (Å²) in [6.07, 6.45) is 1.77. The van der Waals surface area contributed by atoms with Gasteiger partial charge in [-0.05, 0) is 65.2 Å². The molecule has 0 bridgehead atoms. The minimum absolute atomic E-state index is 0.566. The number of hydrogen-bond acceptors (Lipinski definition) is 3. The lowest BCUT2D eigenvalue weighted by Crippen LogP contribution is -1.97. The average Bonchev–Trinajstić information content (AvgIpc) is 2.49. The van der Waals surface area contributed by atoms with Gasteiger partial charge in [0.05, 0.1) is 23.9 Å². The highest BCUT2D eigenvalue weighted by atomic mass is 79.9. The van der Waals surface area contributed by atoms with Crippen molar-refractivity contribution in [3.05, 3.63) is 51.0 Å². The van der Waals surface area contributed by atoms with Crippen molar-refractivity contribution >= 4 is 39.4 Å². The highest BCUT2D eigenvalue weighted by molar-refractivity contribution is 9.10. The topological polar surface area (TPSA) is 30.8 Å². The fraction of sp³-hybridized carbons (Fsp3) is 0.235. The summed E-state index contributed by atoms with van der Waals surface area (Å²) < 4.78 is 11.8. The number of aliphatic imine (C=N–C) groups is 1. The van der Waals surface area contributed by atoms with Gasteiger partial charge in [-0.2, -0.15) is 0 Å². The van der Waals surface area contributed by atoms with Gasteiger partial charge in [0.25, 0.3) is 0 Å². The van der Waals surface area contributed by atoms with E-state index in [0.29, 0.717) is 23.1 Å². The number of ether oxygens (including phenoxy) is 2. The molecule has 0 saturated carbocycles. The highest BCUT2D eigenvalue weighted by Crippen LogP contribution is 2.36. The number of aryl methyl sites for hydroxylation is 1. The quantitative estimate of drug-likeness (QED) is 0.633. The van der Waals surface area contributed by atoms with Crippen LogP contribution in [0.2, 0.25) is 5.02 Å². The van der Waals surface area contributed by atoms with E-state index in [0.717, 1.165) is 21.3 Å². The van der Waals surface area contributed by atoms with Gasteiger partial charge in [0.15, 0.2) is 11.5 Å². The van der Waals surface area contributed by atoms with Gasteiger partial charge in [0.2, 0.25) is 0 Å². The van der Waals surface area contributed by atoms with Gasteiger partial charge in [-0.15, -0.1) is 0 Å². The summed E-state index contributed by atoms with van der Waals surface area (Å²) in [5, 5.41) is 0.709. The Morgan fingerprint density at radius 2 is 2.05 bits per heavy atom. The zero-order chi connectivity index (χ0) is 16.1. The molecule has 0 amide bonds. The molecule has 0 spiro atoms. The van der Waals surface area contributed by atoms with Crippen molar-refractivity contribution in [2.75, 3.05) is 13.7 Å². The minimum Gasteiger partial charge on any atom is -0.492 e. The molecular weight excluding hydrogens is 366 g/mol. The Morgan fingerprint density at radius 1 is 1.27 bits per heavy atom. The summed E-state index contributed by atoms with van der Waals surface area (Å²) in [6, 6.07) is 9.55. The van der Waals surface area contributed by atoms with Crippen LogP contribution in [0.1, 0.15) is 18.1 Å². The number of rotatable bonds is 5. The van der Waals surface area contributed by atoms with Crippen LogP contribution in [0.3, 0.4) is 0 Å². The largest absolute Gasteiger partial charge is 0.492 e. The van der Waals surface area contributed by atoms with Crippen molar-refractivity contribution in [2.24, 2.45) is 4.99 Å². The molecule has 0 fully saturated rings. The van der Waals surface area contributed by atoms with Crippen LogP contribution in [0.4, 0.5) is 5.69 Å². The van der Waals surface area contributed by atoms with Crippen LogP contribution in [0, 0.1) is 6.92 Å². The van der Waals surface area contributed by atoms with Crippen LogP contribution < -0.4 is 9.47 Å². The number of benzene rings is 2. The lowest BCUT2D eigenvalue weighted by Gasteiger charge is -2.11. The van der Waals surface area contributed by atoms with Gasteiger partial charge in [-0.25, -0.2) is 0 Å². The molecule has 3 nitrogen and oxygen atoms in total. The van der Waals surface area contributed by atoms with E-state index in [1.54, 1.807) is 13.3 Å². The Labute approximate surface area is 144 Å². The van der Waals surface area contributed by atoms with Crippen LogP contribution in [0.25, 0.3) is 0 Å². The van der Waals surface area contributed by atoms with E-state index < -0.39 is 0 Å². The van der Waals surface area contributed by atoms with Crippen LogP contribution in [0.5, 0.6) is 11.5 Å². The Morgan fingerprint density at radius 3 is 2.68 bits per heavy atom. The first-order valence-electron chi connectivity index (χ1n) is 6.85. The van der Waals surface area contributed by atoms with E-state index in [2.05, 4.69) is 20.9 Å². The van der Waals surface area contributed by atoms with Gasteiger partial charge in [0.1, 0.15) is 0 Å². The van der Waals surface area contributed by atoms with Crippen molar-refractivity contribution in [3.8, 4) is 11.5 Å². The second-order valence-electron chi connectivity index (χ2n) is 4.66. The van der Waals surface area contributed by atoms with Crippen LogP contribution >= 0.6 is 27.5 Å². The highest BCUT2D eigenvalue weighted by Gasteiger charge is 2.10. The van der Waals surface area contributed by atoms with E-state index in [-0.39, 0.29) is 0 Å². The summed E-state index contributed by atoms with van der Waals surface area (Å²) in [5.74, 6) is 1.36. The number of hydrogen-bond donors (Lipinski definition) is 0. The normalized spacial score (nSPS) is 11.0. The van der Waals surface area contributed by atoms with Crippen molar-refractivity contribution in [1.82, 2.24) is 0 Å².